The van der Waals surface area contributed by atoms with Crippen LogP contribution in [0, 0.1) is 0 Å². The number of aromatic nitrogens is 2. The number of hydrogen-bond acceptors (Lipinski definition) is 1. The van der Waals surface area contributed by atoms with Gasteiger partial charge in [-0.15, -0.1) is 24.5 Å². The second kappa shape index (κ2) is 10.9. The minimum atomic E-state index is 1.18. The molecule has 10 aromatic rings. The molecular weight excluding hydrogens is 589 g/mol. The lowest BCUT2D eigenvalue weighted by atomic mass is 10.0. The van der Waals surface area contributed by atoms with Gasteiger partial charge in [-0.3, -0.25) is 0 Å². The molecule has 0 radical (unpaired) electrons. The molecule has 0 N–H and O–H groups in total. The van der Waals surface area contributed by atoms with E-state index in [1.54, 1.807) is 0 Å². The fraction of sp³-hybridized carbons (Fsp3) is 0. The van der Waals surface area contributed by atoms with Crippen molar-refractivity contribution in [3.8, 4) is 22.5 Å². The topological polar surface area (TPSA) is 9.86 Å². The highest BCUT2D eigenvalue weighted by atomic mass is 32.1. The van der Waals surface area contributed by atoms with Crippen molar-refractivity contribution in [3.63, 3.8) is 0 Å². The van der Waals surface area contributed by atoms with E-state index < -0.39 is 0 Å². The van der Waals surface area contributed by atoms with E-state index in [0.29, 0.717) is 0 Å². The Morgan fingerprint density at radius 2 is 0.787 bits per heavy atom. The fourth-order valence-electron chi connectivity index (χ4n) is 7.29. The van der Waals surface area contributed by atoms with E-state index in [1.807, 2.05) is 11.3 Å². The molecule has 0 aliphatic heterocycles. The first kappa shape index (κ1) is 27.4. The molecule has 0 amide bonds. The van der Waals surface area contributed by atoms with E-state index in [9.17, 15) is 0 Å². The molecular formula is C44H30N2S. The minimum absolute atomic E-state index is 1.18. The van der Waals surface area contributed by atoms with Crippen LogP contribution in [-0.4, -0.2) is 9.13 Å². The van der Waals surface area contributed by atoms with Gasteiger partial charge >= 0.3 is 0 Å². The van der Waals surface area contributed by atoms with Crippen LogP contribution in [0.5, 0.6) is 0 Å². The lowest BCUT2D eigenvalue weighted by molar-refractivity contribution is 1.18. The van der Waals surface area contributed by atoms with Crippen molar-refractivity contribution in [2.24, 2.45) is 0 Å². The highest BCUT2D eigenvalue weighted by molar-refractivity contribution is 7.25. The van der Waals surface area contributed by atoms with E-state index in [0.717, 1.165) is 0 Å². The zero-order chi connectivity index (χ0) is 31.5. The molecule has 0 saturated heterocycles. The van der Waals surface area contributed by atoms with Crippen LogP contribution in [0.25, 0.3) is 86.3 Å². The van der Waals surface area contributed by atoms with Crippen molar-refractivity contribution in [2.75, 3.05) is 0 Å². The van der Waals surface area contributed by atoms with Gasteiger partial charge in [-0.05, 0) is 83.9 Å². The summed E-state index contributed by atoms with van der Waals surface area (Å²) in [7, 11) is 0. The molecule has 10 rings (SSSR count). The third kappa shape index (κ3) is 4.17. The molecule has 0 fully saturated rings. The summed E-state index contributed by atoms with van der Waals surface area (Å²) in [6.45, 7) is 6.00. The number of thiophene rings is 1. The summed E-state index contributed by atoms with van der Waals surface area (Å²) >= 11 is 1.87. The molecule has 0 saturated carbocycles. The Bertz CT molecular complexity index is 2720. The van der Waals surface area contributed by atoms with Gasteiger partial charge in [-0.25, -0.2) is 0 Å². The Balaban J connectivity index is 0.00000149. The minimum Gasteiger partial charge on any atom is -0.309 e. The van der Waals surface area contributed by atoms with Crippen LogP contribution in [0.1, 0.15) is 0 Å². The molecule has 3 aromatic heterocycles. The maximum atomic E-state index is 3.00. The lowest BCUT2D eigenvalue weighted by Crippen LogP contribution is -1.93. The second-order valence-corrected chi connectivity index (χ2v) is 12.9. The maximum absolute atomic E-state index is 3.00. The second-order valence-electron chi connectivity index (χ2n) is 11.8. The van der Waals surface area contributed by atoms with Crippen molar-refractivity contribution >= 4 is 75.1 Å². The Morgan fingerprint density at radius 1 is 0.340 bits per heavy atom. The van der Waals surface area contributed by atoms with E-state index in [2.05, 4.69) is 180 Å². The number of rotatable bonds is 3. The Hall–Kier alpha value is -5.90. The molecule has 0 aliphatic carbocycles. The highest BCUT2D eigenvalue weighted by Gasteiger charge is 2.16. The number of para-hydroxylation sites is 4. The van der Waals surface area contributed by atoms with Crippen molar-refractivity contribution in [1.29, 1.82) is 0 Å². The van der Waals surface area contributed by atoms with Gasteiger partial charge in [0.1, 0.15) is 0 Å². The molecule has 0 bridgehead atoms. The van der Waals surface area contributed by atoms with Gasteiger partial charge in [-0.1, -0.05) is 84.9 Å². The van der Waals surface area contributed by atoms with Gasteiger partial charge in [0.05, 0.1) is 22.1 Å². The van der Waals surface area contributed by atoms with Crippen molar-refractivity contribution in [2.45, 2.75) is 0 Å². The van der Waals surface area contributed by atoms with Gasteiger partial charge < -0.3 is 9.13 Å². The summed E-state index contributed by atoms with van der Waals surface area (Å²) in [5.74, 6) is 0. The molecule has 0 aliphatic rings. The smallest absolute Gasteiger partial charge is 0.0541 e. The zero-order valence-corrected chi connectivity index (χ0v) is 26.5. The molecule has 0 atom stereocenters. The van der Waals surface area contributed by atoms with E-state index >= 15 is 0 Å². The van der Waals surface area contributed by atoms with Crippen LogP contribution < -0.4 is 0 Å². The SMILES string of the molecule is C=C.c1ccc(-n2c3ccccc3c3cc(-c4ccc5sc6ccc(-n7c8ccccc8c8ccccc87)cc6c5c4)ccc32)cc1. The van der Waals surface area contributed by atoms with Gasteiger partial charge in [0.25, 0.3) is 0 Å². The maximum Gasteiger partial charge on any atom is 0.0541 e. The summed E-state index contributed by atoms with van der Waals surface area (Å²) in [6, 6.07) is 57.7. The number of benzene rings is 7. The van der Waals surface area contributed by atoms with Gasteiger partial charge in [0, 0.05) is 53.1 Å². The van der Waals surface area contributed by atoms with Crippen LogP contribution >= 0.6 is 11.3 Å². The predicted molar refractivity (Wildman–Crippen MR) is 205 cm³/mol. The Labute approximate surface area is 276 Å². The summed E-state index contributed by atoms with van der Waals surface area (Å²) in [4.78, 5) is 0. The molecule has 47 heavy (non-hydrogen) atoms. The Morgan fingerprint density at radius 3 is 1.43 bits per heavy atom. The standard InChI is InChI=1S/C42H26N2S.C2H4/c1-2-10-29(11-3-1)43-39-17-9-6-14-33(39)34-24-27(18-21-40(34)43)28-19-22-41-35(25-28)36-26-30(20-23-42(36)45-41)44-37-15-7-4-12-31(37)32-13-5-8-16-38(32)44;1-2/h1-26H;1-2H2. The molecule has 2 nitrogen and oxygen atoms in total. The number of nitrogens with zero attached hydrogens (tertiary/aromatic N) is 2. The molecule has 3 heterocycles. The summed E-state index contributed by atoms with van der Waals surface area (Å²) in [5.41, 5.74) is 9.78. The summed E-state index contributed by atoms with van der Waals surface area (Å²) < 4.78 is 7.41. The van der Waals surface area contributed by atoms with Crippen LogP contribution in [0.4, 0.5) is 0 Å². The average molecular weight is 619 g/mol. The zero-order valence-electron chi connectivity index (χ0n) is 25.7. The first-order valence-electron chi connectivity index (χ1n) is 15.9. The molecule has 0 unspecified atom stereocenters. The van der Waals surface area contributed by atoms with Crippen molar-refractivity contribution < 1.29 is 0 Å². The Kier molecular flexibility index (Phi) is 6.34. The third-order valence-corrected chi connectivity index (χ3v) is 10.5. The predicted octanol–water partition coefficient (Wildman–Crippen LogP) is 12.7. The van der Waals surface area contributed by atoms with E-state index in [4.69, 9.17) is 0 Å². The van der Waals surface area contributed by atoms with Crippen LogP contribution in [0.3, 0.4) is 0 Å². The van der Waals surface area contributed by atoms with Crippen molar-refractivity contribution in [3.05, 3.63) is 171 Å². The molecule has 3 heteroatoms. The highest BCUT2D eigenvalue weighted by Crippen LogP contribution is 2.40. The van der Waals surface area contributed by atoms with E-state index in [-0.39, 0.29) is 0 Å². The lowest BCUT2D eigenvalue weighted by Gasteiger charge is -2.09. The first-order valence-corrected chi connectivity index (χ1v) is 16.7. The monoisotopic (exact) mass is 618 g/mol. The van der Waals surface area contributed by atoms with Gasteiger partial charge in [0.2, 0.25) is 0 Å². The van der Waals surface area contributed by atoms with E-state index in [1.165, 1.54) is 86.3 Å². The molecule has 222 valence electrons. The summed E-state index contributed by atoms with van der Waals surface area (Å²) in [5, 5.41) is 7.73. The van der Waals surface area contributed by atoms with Gasteiger partial charge in [0.15, 0.2) is 0 Å². The van der Waals surface area contributed by atoms with Gasteiger partial charge in [-0.2, -0.15) is 0 Å². The number of hydrogen-bond donors (Lipinski definition) is 0. The first-order chi connectivity index (χ1) is 23.3. The van der Waals surface area contributed by atoms with Crippen molar-refractivity contribution in [1.82, 2.24) is 9.13 Å². The van der Waals surface area contributed by atoms with Crippen LogP contribution in [-0.2, 0) is 0 Å². The largest absolute Gasteiger partial charge is 0.309 e. The summed E-state index contributed by atoms with van der Waals surface area (Å²) in [6.07, 6.45) is 0. The number of fused-ring (bicyclic) bond motifs is 9. The van der Waals surface area contributed by atoms with Crippen LogP contribution in [0.15, 0.2) is 171 Å². The average Bonchev–Trinajstić information content (AvgIpc) is 3.79. The third-order valence-electron chi connectivity index (χ3n) is 9.31. The quantitative estimate of drug-likeness (QED) is 0.174. The molecule has 7 aromatic carbocycles. The van der Waals surface area contributed by atoms with Crippen LogP contribution in [0.2, 0.25) is 0 Å². The fourth-order valence-corrected chi connectivity index (χ4v) is 8.36. The molecule has 0 spiro atoms. The normalized spacial score (nSPS) is 11.6.